The largest absolute Gasteiger partial charge is 0.425 e. The molecule has 1 saturated heterocycles. The Labute approximate surface area is 150 Å². The van der Waals surface area contributed by atoms with Gasteiger partial charge in [-0.15, -0.1) is 10.2 Å². The molecule has 0 radical (unpaired) electrons. The number of amides is 1. The first-order valence-corrected chi connectivity index (χ1v) is 8.81. The van der Waals surface area contributed by atoms with Gasteiger partial charge in [-0.1, -0.05) is 11.6 Å². The van der Waals surface area contributed by atoms with Gasteiger partial charge in [0, 0.05) is 48.1 Å². The Balaban J connectivity index is 1.41. The number of H-pyrrole nitrogens is 1. The van der Waals surface area contributed by atoms with Crippen LogP contribution < -0.4 is 0 Å². The number of rotatable bonds is 3. The molecule has 25 heavy (non-hydrogen) atoms. The Morgan fingerprint density at radius 3 is 2.88 bits per heavy atom. The van der Waals surface area contributed by atoms with Gasteiger partial charge in [-0.25, -0.2) is 0 Å². The third-order valence-corrected chi connectivity index (χ3v) is 5.04. The zero-order valence-corrected chi connectivity index (χ0v) is 14.7. The van der Waals surface area contributed by atoms with Crippen LogP contribution in [0, 0.1) is 6.92 Å². The van der Waals surface area contributed by atoms with Gasteiger partial charge in [0.05, 0.1) is 6.42 Å². The van der Waals surface area contributed by atoms with E-state index in [-0.39, 0.29) is 11.8 Å². The number of nitrogens with one attached hydrogen (secondary N) is 1. The van der Waals surface area contributed by atoms with Crippen LogP contribution in [0.5, 0.6) is 0 Å². The summed E-state index contributed by atoms with van der Waals surface area (Å²) in [4.78, 5) is 17.8. The lowest BCUT2D eigenvalue weighted by molar-refractivity contribution is -0.131. The number of benzene rings is 1. The van der Waals surface area contributed by atoms with Gasteiger partial charge in [0.1, 0.15) is 0 Å². The van der Waals surface area contributed by atoms with Crippen molar-refractivity contribution in [3.05, 3.63) is 46.8 Å². The first-order valence-electron chi connectivity index (χ1n) is 8.43. The van der Waals surface area contributed by atoms with Crippen LogP contribution in [0.3, 0.4) is 0 Å². The summed E-state index contributed by atoms with van der Waals surface area (Å²) in [5.41, 5.74) is 1.98. The first-order chi connectivity index (χ1) is 12.1. The molecule has 1 aliphatic rings. The molecule has 2 aromatic heterocycles. The average Bonchev–Trinajstić information content (AvgIpc) is 3.22. The second-order valence-corrected chi connectivity index (χ2v) is 6.93. The zero-order chi connectivity index (χ0) is 17.4. The van der Waals surface area contributed by atoms with Crippen LogP contribution in [-0.2, 0) is 11.2 Å². The topological polar surface area (TPSA) is 75.0 Å². The Morgan fingerprint density at radius 1 is 1.36 bits per heavy atom. The van der Waals surface area contributed by atoms with Gasteiger partial charge < -0.3 is 14.3 Å². The molecular weight excluding hydrogens is 340 g/mol. The number of halogens is 1. The van der Waals surface area contributed by atoms with Crippen LogP contribution >= 0.6 is 11.6 Å². The van der Waals surface area contributed by atoms with Crippen molar-refractivity contribution < 1.29 is 9.21 Å². The van der Waals surface area contributed by atoms with Gasteiger partial charge in [-0.2, -0.15) is 0 Å². The molecule has 1 aromatic carbocycles. The predicted octanol–water partition coefficient (Wildman–Crippen LogP) is 3.46. The van der Waals surface area contributed by atoms with Crippen molar-refractivity contribution in [2.24, 2.45) is 0 Å². The maximum atomic E-state index is 12.7. The van der Waals surface area contributed by atoms with E-state index >= 15 is 0 Å². The van der Waals surface area contributed by atoms with Crippen molar-refractivity contribution in [3.63, 3.8) is 0 Å². The number of fused-ring (bicyclic) bond motifs is 1. The fraction of sp³-hybridized carbons (Fsp3) is 0.389. The SMILES string of the molecule is Cc1nnc(C2CCN(C(=O)Cc3c[nH]c4ccc(Cl)cc34)CC2)o1. The second kappa shape index (κ2) is 6.52. The summed E-state index contributed by atoms with van der Waals surface area (Å²) in [7, 11) is 0. The lowest BCUT2D eigenvalue weighted by Crippen LogP contribution is -2.38. The fourth-order valence-corrected chi connectivity index (χ4v) is 3.60. The molecule has 0 aliphatic carbocycles. The molecule has 1 aliphatic heterocycles. The van der Waals surface area contributed by atoms with E-state index in [2.05, 4.69) is 15.2 Å². The molecule has 4 rings (SSSR count). The number of aromatic nitrogens is 3. The van der Waals surface area contributed by atoms with Crippen LogP contribution in [0.25, 0.3) is 10.9 Å². The van der Waals surface area contributed by atoms with E-state index in [1.807, 2.05) is 29.3 Å². The summed E-state index contributed by atoms with van der Waals surface area (Å²) in [5, 5.41) is 9.68. The molecule has 0 saturated carbocycles. The summed E-state index contributed by atoms with van der Waals surface area (Å²) in [6, 6.07) is 5.68. The molecule has 6 nitrogen and oxygen atoms in total. The maximum absolute atomic E-state index is 12.7. The highest BCUT2D eigenvalue weighted by molar-refractivity contribution is 6.31. The van der Waals surface area contributed by atoms with E-state index in [0.717, 1.165) is 29.3 Å². The number of carbonyl (C=O) groups is 1. The lowest BCUT2D eigenvalue weighted by Gasteiger charge is -2.30. The van der Waals surface area contributed by atoms with Gasteiger partial charge in [-0.05, 0) is 36.6 Å². The van der Waals surface area contributed by atoms with Crippen molar-refractivity contribution in [2.45, 2.75) is 32.1 Å². The molecule has 0 unspecified atom stereocenters. The number of hydrogen-bond donors (Lipinski definition) is 1. The van der Waals surface area contributed by atoms with E-state index in [4.69, 9.17) is 16.0 Å². The third-order valence-electron chi connectivity index (χ3n) is 4.81. The van der Waals surface area contributed by atoms with Crippen molar-refractivity contribution in [3.8, 4) is 0 Å². The standard InChI is InChI=1S/C18H19ClN4O2/c1-11-21-22-18(25-11)12-4-6-23(7-5-12)17(24)8-13-10-20-16-3-2-14(19)9-15(13)16/h2-3,9-10,12,20H,4-8H2,1H3. The molecule has 130 valence electrons. The third kappa shape index (κ3) is 3.26. The normalized spacial score (nSPS) is 15.8. The molecular formula is C18H19ClN4O2. The number of hydrogen-bond acceptors (Lipinski definition) is 4. The summed E-state index contributed by atoms with van der Waals surface area (Å²) >= 11 is 6.08. The zero-order valence-electron chi connectivity index (χ0n) is 14.0. The Bertz CT molecular complexity index is 909. The molecule has 1 fully saturated rings. The van der Waals surface area contributed by atoms with Gasteiger partial charge in [0.15, 0.2) is 0 Å². The van der Waals surface area contributed by atoms with E-state index < -0.39 is 0 Å². The van der Waals surface area contributed by atoms with Crippen molar-refractivity contribution in [1.29, 1.82) is 0 Å². The highest BCUT2D eigenvalue weighted by Crippen LogP contribution is 2.28. The summed E-state index contributed by atoms with van der Waals surface area (Å²) in [5.74, 6) is 1.67. The number of carbonyl (C=O) groups excluding carboxylic acids is 1. The Kier molecular flexibility index (Phi) is 4.21. The smallest absolute Gasteiger partial charge is 0.227 e. The summed E-state index contributed by atoms with van der Waals surface area (Å²) in [6.07, 6.45) is 3.98. The first kappa shape index (κ1) is 16.1. The molecule has 3 aromatic rings. The van der Waals surface area contributed by atoms with Crippen molar-refractivity contribution in [1.82, 2.24) is 20.1 Å². The van der Waals surface area contributed by atoms with E-state index in [9.17, 15) is 4.79 Å². The summed E-state index contributed by atoms with van der Waals surface area (Å²) < 4.78 is 5.52. The fourth-order valence-electron chi connectivity index (χ4n) is 3.42. The average molecular weight is 359 g/mol. The number of likely N-dealkylation sites (tertiary alicyclic amines) is 1. The van der Waals surface area contributed by atoms with E-state index in [0.29, 0.717) is 36.3 Å². The van der Waals surface area contributed by atoms with Gasteiger partial charge >= 0.3 is 0 Å². The minimum atomic E-state index is 0.140. The lowest BCUT2D eigenvalue weighted by atomic mass is 9.96. The molecule has 3 heterocycles. The van der Waals surface area contributed by atoms with Crippen LogP contribution in [0.4, 0.5) is 0 Å². The molecule has 0 atom stereocenters. The quantitative estimate of drug-likeness (QED) is 0.778. The van der Waals surface area contributed by atoms with Crippen molar-refractivity contribution in [2.75, 3.05) is 13.1 Å². The van der Waals surface area contributed by atoms with Gasteiger partial charge in [0.2, 0.25) is 17.7 Å². The summed E-state index contributed by atoms with van der Waals surface area (Å²) in [6.45, 7) is 3.23. The van der Waals surface area contributed by atoms with Crippen LogP contribution in [0.15, 0.2) is 28.8 Å². The predicted molar refractivity (Wildman–Crippen MR) is 94.6 cm³/mol. The van der Waals surface area contributed by atoms with Crippen LogP contribution in [-0.4, -0.2) is 39.1 Å². The molecule has 1 amide bonds. The van der Waals surface area contributed by atoms with E-state index in [1.165, 1.54) is 0 Å². The van der Waals surface area contributed by atoms with Gasteiger partial charge in [0.25, 0.3) is 0 Å². The van der Waals surface area contributed by atoms with Crippen LogP contribution in [0.2, 0.25) is 5.02 Å². The molecule has 1 N–H and O–H groups in total. The Hall–Kier alpha value is -2.34. The van der Waals surface area contributed by atoms with Crippen LogP contribution in [0.1, 0.15) is 36.1 Å². The monoisotopic (exact) mass is 358 g/mol. The minimum Gasteiger partial charge on any atom is -0.425 e. The number of aryl methyl sites for hydroxylation is 1. The Morgan fingerprint density at radius 2 is 2.16 bits per heavy atom. The van der Waals surface area contributed by atoms with Crippen molar-refractivity contribution >= 4 is 28.4 Å². The molecule has 7 heteroatoms. The number of piperidine rings is 1. The highest BCUT2D eigenvalue weighted by Gasteiger charge is 2.27. The highest BCUT2D eigenvalue weighted by atomic mass is 35.5. The maximum Gasteiger partial charge on any atom is 0.227 e. The number of aromatic amines is 1. The minimum absolute atomic E-state index is 0.140. The van der Waals surface area contributed by atoms with E-state index in [1.54, 1.807) is 6.92 Å². The number of nitrogens with zero attached hydrogens (tertiary/aromatic N) is 3. The molecule has 0 spiro atoms. The van der Waals surface area contributed by atoms with Gasteiger partial charge in [-0.3, -0.25) is 4.79 Å². The molecule has 0 bridgehead atoms. The second-order valence-electron chi connectivity index (χ2n) is 6.49.